The molecular formula is C16H19NO3. The monoisotopic (exact) mass is 273 g/mol. The molecule has 4 nitrogen and oxygen atoms in total. The van der Waals surface area contributed by atoms with E-state index in [0.717, 1.165) is 17.5 Å². The van der Waals surface area contributed by atoms with Crippen LogP contribution in [0, 0.1) is 0 Å². The van der Waals surface area contributed by atoms with E-state index in [0.29, 0.717) is 24.7 Å². The number of ether oxygens (including phenoxy) is 2. The average molecular weight is 273 g/mol. The standard InChI is InChI=1S/C16H19NO3/c1-2-19-15-7-3-6-14(12-18)16(15)20-10-8-13-5-4-9-17-11-13/h3-7,9,11,18H,2,8,10,12H2,1H3. The number of aromatic nitrogens is 1. The van der Waals surface area contributed by atoms with Crippen LogP contribution in [0.4, 0.5) is 0 Å². The zero-order valence-electron chi connectivity index (χ0n) is 11.6. The van der Waals surface area contributed by atoms with E-state index in [9.17, 15) is 5.11 Å². The molecule has 0 amide bonds. The molecular weight excluding hydrogens is 254 g/mol. The molecule has 1 aromatic heterocycles. The third-order valence-electron chi connectivity index (χ3n) is 2.89. The molecule has 4 heteroatoms. The zero-order chi connectivity index (χ0) is 14.2. The van der Waals surface area contributed by atoms with Crippen molar-refractivity contribution >= 4 is 0 Å². The maximum atomic E-state index is 9.38. The van der Waals surface area contributed by atoms with Gasteiger partial charge in [-0.05, 0) is 24.6 Å². The van der Waals surface area contributed by atoms with Gasteiger partial charge in [-0.25, -0.2) is 0 Å². The quantitative estimate of drug-likeness (QED) is 0.842. The Balaban J connectivity index is 2.04. The van der Waals surface area contributed by atoms with Gasteiger partial charge in [0.25, 0.3) is 0 Å². The summed E-state index contributed by atoms with van der Waals surface area (Å²) in [6.45, 7) is 2.94. The highest BCUT2D eigenvalue weighted by atomic mass is 16.5. The van der Waals surface area contributed by atoms with Crippen molar-refractivity contribution < 1.29 is 14.6 Å². The van der Waals surface area contributed by atoms with E-state index in [1.807, 2.05) is 43.5 Å². The Hall–Kier alpha value is -2.07. The summed E-state index contributed by atoms with van der Waals surface area (Å²) in [6.07, 6.45) is 4.34. The lowest BCUT2D eigenvalue weighted by atomic mass is 10.2. The van der Waals surface area contributed by atoms with E-state index in [-0.39, 0.29) is 6.61 Å². The van der Waals surface area contributed by atoms with Crippen molar-refractivity contribution in [3.63, 3.8) is 0 Å². The van der Waals surface area contributed by atoms with Crippen molar-refractivity contribution in [2.45, 2.75) is 20.0 Å². The van der Waals surface area contributed by atoms with Gasteiger partial charge >= 0.3 is 0 Å². The van der Waals surface area contributed by atoms with Gasteiger partial charge in [-0.15, -0.1) is 0 Å². The molecule has 0 fully saturated rings. The molecule has 1 heterocycles. The van der Waals surface area contributed by atoms with Crippen LogP contribution in [0.15, 0.2) is 42.7 Å². The van der Waals surface area contributed by atoms with E-state index in [4.69, 9.17) is 9.47 Å². The number of hydrogen-bond acceptors (Lipinski definition) is 4. The molecule has 0 unspecified atom stereocenters. The summed E-state index contributed by atoms with van der Waals surface area (Å²) in [4.78, 5) is 4.07. The van der Waals surface area contributed by atoms with Crippen LogP contribution >= 0.6 is 0 Å². The van der Waals surface area contributed by atoms with E-state index in [2.05, 4.69) is 4.98 Å². The first-order valence-electron chi connectivity index (χ1n) is 6.72. The number of aliphatic hydroxyl groups excluding tert-OH is 1. The van der Waals surface area contributed by atoms with E-state index < -0.39 is 0 Å². The molecule has 20 heavy (non-hydrogen) atoms. The molecule has 2 aromatic rings. The lowest BCUT2D eigenvalue weighted by Crippen LogP contribution is -2.06. The summed E-state index contributed by atoms with van der Waals surface area (Å²) in [5.41, 5.74) is 1.86. The Morgan fingerprint density at radius 3 is 2.75 bits per heavy atom. The molecule has 0 bridgehead atoms. The molecule has 0 aliphatic heterocycles. The number of nitrogens with zero attached hydrogens (tertiary/aromatic N) is 1. The molecule has 0 saturated heterocycles. The SMILES string of the molecule is CCOc1cccc(CO)c1OCCc1cccnc1. The van der Waals surface area contributed by atoms with Crippen molar-refractivity contribution in [1.29, 1.82) is 0 Å². The molecule has 0 radical (unpaired) electrons. The second-order valence-corrected chi connectivity index (χ2v) is 4.30. The summed E-state index contributed by atoms with van der Waals surface area (Å²) in [7, 11) is 0. The van der Waals surface area contributed by atoms with Gasteiger partial charge in [0.05, 0.1) is 19.8 Å². The highest BCUT2D eigenvalue weighted by Crippen LogP contribution is 2.31. The van der Waals surface area contributed by atoms with Crippen LogP contribution in [0.2, 0.25) is 0 Å². The van der Waals surface area contributed by atoms with E-state index in [1.165, 1.54) is 0 Å². The topological polar surface area (TPSA) is 51.6 Å². The number of rotatable bonds is 7. The lowest BCUT2D eigenvalue weighted by molar-refractivity contribution is 0.250. The fourth-order valence-corrected chi connectivity index (χ4v) is 1.94. The van der Waals surface area contributed by atoms with Crippen molar-refractivity contribution in [3.8, 4) is 11.5 Å². The van der Waals surface area contributed by atoms with Crippen molar-refractivity contribution in [3.05, 3.63) is 53.9 Å². The summed E-state index contributed by atoms with van der Waals surface area (Å²) >= 11 is 0. The van der Waals surface area contributed by atoms with Crippen molar-refractivity contribution in [2.24, 2.45) is 0 Å². The molecule has 0 aliphatic carbocycles. The maximum Gasteiger partial charge on any atom is 0.166 e. The molecule has 2 rings (SSSR count). The smallest absolute Gasteiger partial charge is 0.166 e. The molecule has 0 spiro atoms. The molecule has 106 valence electrons. The number of para-hydroxylation sites is 1. The Morgan fingerprint density at radius 1 is 1.15 bits per heavy atom. The lowest BCUT2D eigenvalue weighted by Gasteiger charge is -2.14. The minimum atomic E-state index is -0.0663. The first-order valence-corrected chi connectivity index (χ1v) is 6.72. The summed E-state index contributed by atoms with van der Waals surface area (Å²) < 4.78 is 11.3. The number of aliphatic hydroxyl groups is 1. The second kappa shape index (κ2) is 7.50. The van der Waals surface area contributed by atoms with E-state index in [1.54, 1.807) is 6.20 Å². The van der Waals surface area contributed by atoms with Gasteiger partial charge < -0.3 is 14.6 Å². The van der Waals surface area contributed by atoms with Gasteiger partial charge in [-0.1, -0.05) is 18.2 Å². The maximum absolute atomic E-state index is 9.38. The van der Waals surface area contributed by atoms with Crippen molar-refractivity contribution in [2.75, 3.05) is 13.2 Å². The molecule has 1 aromatic carbocycles. The normalized spacial score (nSPS) is 10.3. The van der Waals surface area contributed by atoms with Gasteiger partial charge in [-0.3, -0.25) is 4.98 Å². The minimum absolute atomic E-state index is 0.0663. The van der Waals surface area contributed by atoms with Crippen LogP contribution in [-0.2, 0) is 13.0 Å². The van der Waals surface area contributed by atoms with Gasteiger partial charge in [0, 0.05) is 24.4 Å². The second-order valence-electron chi connectivity index (χ2n) is 4.30. The predicted molar refractivity (Wildman–Crippen MR) is 77.0 cm³/mol. The highest BCUT2D eigenvalue weighted by Gasteiger charge is 2.10. The third-order valence-corrected chi connectivity index (χ3v) is 2.89. The molecule has 0 aliphatic rings. The average Bonchev–Trinajstić information content (AvgIpc) is 2.50. The van der Waals surface area contributed by atoms with E-state index >= 15 is 0 Å². The van der Waals surface area contributed by atoms with Crippen LogP contribution in [0.3, 0.4) is 0 Å². The largest absolute Gasteiger partial charge is 0.490 e. The molecule has 0 atom stereocenters. The van der Waals surface area contributed by atoms with Gasteiger partial charge in [0.1, 0.15) is 0 Å². The Labute approximate surface area is 119 Å². The van der Waals surface area contributed by atoms with Gasteiger partial charge in [0.2, 0.25) is 0 Å². The third kappa shape index (κ3) is 3.71. The fourth-order valence-electron chi connectivity index (χ4n) is 1.94. The highest BCUT2D eigenvalue weighted by molar-refractivity contribution is 5.46. The molecule has 1 N–H and O–H groups in total. The Kier molecular flexibility index (Phi) is 5.38. The molecule has 0 saturated carbocycles. The minimum Gasteiger partial charge on any atom is -0.490 e. The zero-order valence-corrected chi connectivity index (χ0v) is 11.6. The fraction of sp³-hybridized carbons (Fsp3) is 0.312. The first-order chi connectivity index (χ1) is 9.85. The van der Waals surface area contributed by atoms with Crippen LogP contribution in [-0.4, -0.2) is 23.3 Å². The summed E-state index contributed by atoms with van der Waals surface area (Å²) in [5, 5.41) is 9.38. The van der Waals surface area contributed by atoms with Crippen LogP contribution < -0.4 is 9.47 Å². The summed E-state index contributed by atoms with van der Waals surface area (Å²) in [6, 6.07) is 9.45. The van der Waals surface area contributed by atoms with Crippen LogP contribution in [0.5, 0.6) is 11.5 Å². The number of hydrogen-bond donors (Lipinski definition) is 1. The van der Waals surface area contributed by atoms with Crippen LogP contribution in [0.25, 0.3) is 0 Å². The first kappa shape index (κ1) is 14.3. The number of pyridine rings is 1. The number of benzene rings is 1. The van der Waals surface area contributed by atoms with Gasteiger partial charge in [-0.2, -0.15) is 0 Å². The van der Waals surface area contributed by atoms with Gasteiger partial charge in [0.15, 0.2) is 11.5 Å². The van der Waals surface area contributed by atoms with Crippen molar-refractivity contribution in [1.82, 2.24) is 4.98 Å². The Bertz CT molecular complexity index is 529. The predicted octanol–water partition coefficient (Wildman–Crippen LogP) is 2.59. The Morgan fingerprint density at radius 2 is 2.05 bits per heavy atom. The summed E-state index contributed by atoms with van der Waals surface area (Å²) in [5.74, 6) is 1.30. The van der Waals surface area contributed by atoms with Crippen LogP contribution in [0.1, 0.15) is 18.1 Å².